The van der Waals surface area contributed by atoms with Gasteiger partial charge in [0, 0.05) is 24.8 Å². The number of amides is 2. The van der Waals surface area contributed by atoms with Gasteiger partial charge < -0.3 is 5.32 Å². The maximum atomic E-state index is 11.4. The van der Waals surface area contributed by atoms with Crippen molar-refractivity contribution in [3.8, 4) is 0 Å². The van der Waals surface area contributed by atoms with Gasteiger partial charge in [0.05, 0.1) is 0 Å². The fraction of sp³-hybridized carbons (Fsp3) is 0.375. The van der Waals surface area contributed by atoms with Gasteiger partial charge in [-0.05, 0) is 18.5 Å². The smallest absolute Gasteiger partial charge is 0.323 e. The van der Waals surface area contributed by atoms with E-state index in [0.717, 1.165) is 5.56 Å². The van der Waals surface area contributed by atoms with E-state index in [1.807, 2.05) is 6.92 Å². The normalized spacial score (nSPS) is 15.0. The predicted molar refractivity (Wildman–Crippen MR) is 52.3 cm³/mol. The van der Waals surface area contributed by atoms with Crippen LogP contribution in [0.3, 0.4) is 0 Å². The van der Waals surface area contributed by atoms with E-state index in [1.165, 1.54) is 4.90 Å². The van der Waals surface area contributed by atoms with Gasteiger partial charge in [-0.15, -0.1) is 0 Å². The van der Waals surface area contributed by atoms with Gasteiger partial charge in [0.1, 0.15) is 5.82 Å². The average Bonchev–Trinajstić information content (AvgIpc) is 2.17. The van der Waals surface area contributed by atoms with Gasteiger partial charge in [-0.3, -0.25) is 4.90 Å². The number of urea groups is 1. The van der Waals surface area contributed by atoms with Gasteiger partial charge in [-0.2, -0.15) is 4.98 Å². The first-order valence-corrected chi connectivity index (χ1v) is 4.67. The molecule has 1 aliphatic rings. The third kappa shape index (κ3) is 1.39. The maximum Gasteiger partial charge on any atom is 0.323 e. The lowest BCUT2D eigenvalue weighted by Crippen LogP contribution is -2.44. The molecule has 0 aliphatic carbocycles. The molecule has 1 N–H and O–H groups in total. The molecular weight excluding hydrogens is 204 g/mol. The summed E-state index contributed by atoms with van der Waals surface area (Å²) in [5.74, 6) is 0.608. The highest BCUT2D eigenvalue weighted by Gasteiger charge is 2.24. The number of rotatable bonds is 1. The largest absolute Gasteiger partial charge is 0.333 e. The van der Waals surface area contributed by atoms with E-state index >= 15 is 0 Å². The molecule has 0 aromatic carbocycles. The summed E-state index contributed by atoms with van der Waals surface area (Å²) in [6.45, 7) is 2.90. The monoisotopic (exact) mass is 212 g/mol. The number of nitrogens with one attached hydrogen (secondary N) is 1. The Kier molecular flexibility index (Phi) is 2.25. The summed E-state index contributed by atoms with van der Waals surface area (Å²) >= 11 is 5.67. The van der Waals surface area contributed by atoms with Crippen LogP contribution in [0.2, 0.25) is 5.28 Å². The molecule has 2 heterocycles. The summed E-state index contributed by atoms with van der Waals surface area (Å²) in [5, 5.41) is 2.89. The van der Waals surface area contributed by atoms with Crippen LogP contribution in [0, 0.1) is 0 Å². The van der Waals surface area contributed by atoms with Gasteiger partial charge >= 0.3 is 6.03 Å². The van der Waals surface area contributed by atoms with Gasteiger partial charge in [0.2, 0.25) is 5.28 Å². The first kappa shape index (κ1) is 9.21. The van der Waals surface area contributed by atoms with Crippen molar-refractivity contribution in [3.05, 3.63) is 17.0 Å². The van der Waals surface area contributed by atoms with Crippen LogP contribution in [0.25, 0.3) is 0 Å². The van der Waals surface area contributed by atoms with E-state index in [0.29, 0.717) is 18.9 Å². The van der Waals surface area contributed by atoms with Crippen LogP contribution in [0.15, 0.2) is 6.20 Å². The van der Waals surface area contributed by atoms with Crippen molar-refractivity contribution < 1.29 is 4.79 Å². The maximum absolute atomic E-state index is 11.4. The van der Waals surface area contributed by atoms with Crippen molar-refractivity contribution in [1.82, 2.24) is 15.3 Å². The zero-order valence-electron chi connectivity index (χ0n) is 7.62. The Hall–Kier alpha value is -1.36. The molecule has 74 valence electrons. The highest BCUT2D eigenvalue weighted by atomic mass is 35.5. The van der Waals surface area contributed by atoms with Gasteiger partial charge in [-0.25, -0.2) is 9.78 Å². The number of halogens is 1. The molecule has 0 atom stereocenters. The third-order valence-corrected chi connectivity index (χ3v) is 2.24. The van der Waals surface area contributed by atoms with Crippen molar-refractivity contribution in [2.45, 2.75) is 13.5 Å². The first-order valence-electron chi connectivity index (χ1n) is 4.29. The molecule has 1 aliphatic heterocycles. The Labute approximate surface area is 86.1 Å². The molecule has 6 heteroatoms. The van der Waals surface area contributed by atoms with E-state index in [1.54, 1.807) is 6.20 Å². The Morgan fingerprint density at radius 3 is 3.21 bits per heavy atom. The Morgan fingerprint density at radius 1 is 1.71 bits per heavy atom. The van der Waals surface area contributed by atoms with Crippen molar-refractivity contribution in [3.63, 3.8) is 0 Å². The Morgan fingerprint density at radius 2 is 2.50 bits per heavy atom. The van der Waals surface area contributed by atoms with E-state index in [2.05, 4.69) is 15.3 Å². The highest BCUT2D eigenvalue weighted by Crippen LogP contribution is 2.22. The number of carbonyl (C=O) groups excluding carboxylic acids is 1. The van der Waals surface area contributed by atoms with Crippen LogP contribution >= 0.6 is 11.6 Å². The van der Waals surface area contributed by atoms with Crippen molar-refractivity contribution in [1.29, 1.82) is 0 Å². The number of hydrogen-bond donors (Lipinski definition) is 1. The number of nitrogens with zero attached hydrogens (tertiary/aromatic N) is 3. The molecular formula is C8H9ClN4O. The van der Waals surface area contributed by atoms with Crippen LogP contribution in [0.5, 0.6) is 0 Å². The number of aromatic nitrogens is 2. The molecule has 1 aromatic heterocycles. The van der Waals surface area contributed by atoms with Crippen LogP contribution in [-0.4, -0.2) is 22.5 Å². The Bertz CT molecular complexity index is 382. The van der Waals surface area contributed by atoms with Crippen LogP contribution < -0.4 is 10.2 Å². The van der Waals surface area contributed by atoms with E-state index in [-0.39, 0.29) is 11.3 Å². The van der Waals surface area contributed by atoms with E-state index < -0.39 is 0 Å². The minimum Gasteiger partial charge on any atom is -0.333 e. The first-order chi connectivity index (χ1) is 6.72. The third-order valence-electron chi connectivity index (χ3n) is 2.06. The quantitative estimate of drug-likeness (QED) is 0.712. The zero-order chi connectivity index (χ0) is 10.1. The topological polar surface area (TPSA) is 58.1 Å². The average molecular weight is 213 g/mol. The molecule has 5 nitrogen and oxygen atoms in total. The molecule has 14 heavy (non-hydrogen) atoms. The van der Waals surface area contributed by atoms with E-state index in [9.17, 15) is 4.79 Å². The number of fused-ring (bicyclic) bond motifs is 1. The van der Waals surface area contributed by atoms with Gasteiger partial charge in [-0.1, -0.05) is 0 Å². The molecule has 0 bridgehead atoms. The second kappa shape index (κ2) is 3.42. The summed E-state index contributed by atoms with van der Waals surface area (Å²) < 4.78 is 0. The summed E-state index contributed by atoms with van der Waals surface area (Å²) in [5.41, 5.74) is 0.885. The second-order valence-electron chi connectivity index (χ2n) is 2.89. The van der Waals surface area contributed by atoms with Crippen LogP contribution in [0.1, 0.15) is 12.5 Å². The molecule has 0 saturated carbocycles. The minimum absolute atomic E-state index is 0.144. The lowest BCUT2D eigenvalue weighted by atomic mass is 10.2. The fourth-order valence-corrected chi connectivity index (χ4v) is 1.52. The van der Waals surface area contributed by atoms with Crippen LogP contribution in [0.4, 0.5) is 10.6 Å². The molecule has 2 amide bonds. The number of hydrogen-bond acceptors (Lipinski definition) is 3. The SMILES string of the molecule is CCN1C(=O)NCc2cnc(Cl)nc21. The van der Waals surface area contributed by atoms with Crippen molar-refractivity contribution >= 4 is 23.4 Å². The van der Waals surface area contributed by atoms with Crippen molar-refractivity contribution in [2.75, 3.05) is 11.4 Å². The molecule has 0 unspecified atom stereocenters. The van der Waals surface area contributed by atoms with E-state index in [4.69, 9.17) is 11.6 Å². The predicted octanol–water partition coefficient (Wildman–Crippen LogP) is 1.18. The molecule has 2 rings (SSSR count). The molecule has 0 fully saturated rings. The molecule has 0 spiro atoms. The molecule has 1 aromatic rings. The zero-order valence-corrected chi connectivity index (χ0v) is 8.38. The standard InChI is InChI=1S/C8H9ClN4O/c1-2-13-6-5(4-11-8(13)14)3-10-7(9)12-6/h3H,2,4H2,1H3,(H,11,14). The number of carbonyl (C=O) groups is 1. The lowest BCUT2D eigenvalue weighted by molar-refractivity contribution is 0.244. The summed E-state index contributed by atoms with van der Waals surface area (Å²) in [7, 11) is 0. The lowest BCUT2D eigenvalue weighted by Gasteiger charge is -2.27. The minimum atomic E-state index is -0.144. The van der Waals surface area contributed by atoms with Crippen molar-refractivity contribution in [2.24, 2.45) is 0 Å². The van der Waals surface area contributed by atoms with Gasteiger partial charge in [0.25, 0.3) is 0 Å². The Balaban J connectivity index is 2.49. The summed E-state index contributed by atoms with van der Waals surface area (Å²) in [6.07, 6.45) is 1.63. The molecule has 0 radical (unpaired) electrons. The fourth-order valence-electron chi connectivity index (χ4n) is 1.39. The number of anilines is 1. The van der Waals surface area contributed by atoms with Gasteiger partial charge in [0.15, 0.2) is 0 Å². The van der Waals surface area contributed by atoms with Crippen LogP contribution in [-0.2, 0) is 6.54 Å². The molecule has 0 saturated heterocycles. The second-order valence-corrected chi connectivity index (χ2v) is 3.23. The highest BCUT2D eigenvalue weighted by molar-refractivity contribution is 6.28. The summed E-state index contributed by atoms with van der Waals surface area (Å²) in [4.78, 5) is 20.8. The summed E-state index contributed by atoms with van der Waals surface area (Å²) in [6, 6.07) is -0.144.